The van der Waals surface area contributed by atoms with Crippen LogP contribution in [0.3, 0.4) is 0 Å². The molecule has 0 aliphatic rings. The Balaban J connectivity index is 2.80. The van der Waals surface area contributed by atoms with E-state index in [0.29, 0.717) is 22.2 Å². The fourth-order valence-corrected chi connectivity index (χ4v) is 1.58. The molecule has 1 rings (SSSR count). The van der Waals surface area contributed by atoms with E-state index in [1.54, 1.807) is 18.2 Å². The molecule has 2 N–H and O–H groups in total. The predicted octanol–water partition coefficient (Wildman–Crippen LogP) is 2.95. The summed E-state index contributed by atoms with van der Waals surface area (Å²) in [6.07, 6.45) is 0.570. The molecule has 16 heavy (non-hydrogen) atoms. The number of amides is 1. The Morgan fingerprint density at radius 1 is 1.50 bits per heavy atom. The molecule has 0 saturated carbocycles. The second-order valence-corrected chi connectivity index (χ2v) is 4.16. The summed E-state index contributed by atoms with van der Waals surface area (Å²) in [6.45, 7) is 1.65. The maximum absolute atomic E-state index is 11.7. The van der Waals surface area contributed by atoms with Gasteiger partial charge in [0.1, 0.15) is 0 Å². The molecule has 1 amide bonds. The Morgan fingerprint density at radius 3 is 2.75 bits per heavy atom. The molecule has 1 unspecified atom stereocenters. The Morgan fingerprint density at radius 2 is 2.19 bits per heavy atom. The zero-order valence-electron chi connectivity index (χ0n) is 8.84. The second kappa shape index (κ2) is 6.09. The van der Waals surface area contributed by atoms with Gasteiger partial charge >= 0.3 is 0 Å². The summed E-state index contributed by atoms with van der Waals surface area (Å²) in [7, 11) is 0. The normalized spacial score (nSPS) is 12.2. The lowest BCUT2D eigenvalue weighted by atomic mass is 10.1. The largest absolute Gasteiger partial charge is 0.396 e. The summed E-state index contributed by atoms with van der Waals surface area (Å²) in [4.78, 5) is 11.7. The number of halogens is 2. The number of carbonyl (C=O) groups excluding carboxylic acids is 1. The minimum absolute atomic E-state index is 0.180. The first-order chi connectivity index (χ1) is 7.60. The smallest absolute Gasteiger partial charge is 0.229 e. The quantitative estimate of drug-likeness (QED) is 0.876. The van der Waals surface area contributed by atoms with Crippen LogP contribution in [-0.2, 0) is 4.79 Å². The molecule has 0 fully saturated rings. The Hall–Kier alpha value is -0.770. The van der Waals surface area contributed by atoms with Gasteiger partial charge in [0.05, 0.1) is 28.3 Å². The standard InChI is InChI=1S/C11H13Cl2NO2/c1-2-7(6-15)11(16)14-9-5-3-4-8(12)10(9)13/h3-5,7,15H,2,6H2,1H3,(H,14,16). The highest BCUT2D eigenvalue weighted by Crippen LogP contribution is 2.29. The third kappa shape index (κ3) is 3.11. The van der Waals surface area contributed by atoms with Crippen LogP contribution in [-0.4, -0.2) is 17.6 Å². The Kier molecular flexibility index (Phi) is 5.06. The molecule has 1 aromatic rings. The van der Waals surface area contributed by atoms with E-state index in [-0.39, 0.29) is 12.5 Å². The van der Waals surface area contributed by atoms with E-state index in [0.717, 1.165) is 0 Å². The molecule has 1 aromatic carbocycles. The molecule has 1 atom stereocenters. The number of hydrogen-bond donors (Lipinski definition) is 2. The van der Waals surface area contributed by atoms with Crippen molar-refractivity contribution in [1.82, 2.24) is 0 Å². The van der Waals surface area contributed by atoms with Crippen LogP contribution in [0.5, 0.6) is 0 Å². The van der Waals surface area contributed by atoms with Crippen LogP contribution in [0.4, 0.5) is 5.69 Å². The lowest BCUT2D eigenvalue weighted by molar-refractivity contribution is -0.121. The van der Waals surface area contributed by atoms with Gasteiger partial charge in [-0.3, -0.25) is 4.79 Å². The number of anilines is 1. The predicted molar refractivity (Wildman–Crippen MR) is 66.0 cm³/mol. The van der Waals surface area contributed by atoms with Crippen LogP contribution >= 0.6 is 23.2 Å². The topological polar surface area (TPSA) is 49.3 Å². The van der Waals surface area contributed by atoms with Crippen LogP contribution in [0.1, 0.15) is 13.3 Å². The molecule has 0 aliphatic carbocycles. The van der Waals surface area contributed by atoms with Gasteiger partial charge in [-0.1, -0.05) is 36.2 Å². The lowest BCUT2D eigenvalue weighted by Crippen LogP contribution is -2.25. The number of benzene rings is 1. The molecular formula is C11H13Cl2NO2. The summed E-state index contributed by atoms with van der Waals surface area (Å²) in [6, 6.07) is 5.00. The van der Waals surface area contributed by atoms with Crippen LogP contribution in [0.25, 0.3) is 0 Å². The fourth-order valence-electron chi connectivity index (χ4n) is 1.23. The number of hydrogen-bond acceptors (Lipinski definition) is 2. The first-order valence-electron chi connectivity index (χ1n) is 4.95. The van der Waals surface area contributed by atoms with Gasteiger partial charge in [0.2, 0.25) is 5.91 Å². The van der Waals surface area contributed by atoms with E-state index in [9.17, 15) is 4.79 Å². The van der Waals surface area contributed by atoms with Crippen molar-refractivity contribution in [2.45, 2.75) is 13.3 Å². The van der Waals surface area contributed by atoms with Gasteiger partial charge < -0.3 is 10.4 Å². The molecule has 3 nitrogen and oxygen atoms in total. The zero-order valence-corrected chi connectivity index (χ0v) is 10.3. The first kappa shape index (κ1) is 13.3. The van der Waals surface area contributed by atoms with Crippen molar-refractivity contribution in [2.24, 2.45) is 5.92 Å². The molecule has 0 saturated heterocycles. The van der Waals surface area contributed by atoms with E-state index < -0.39 is 5.92 Å². The van der Waals surface area contributed by atoms with E-state index in [4.69, 9.17) is 28.3 Å². The number of aliphatic hydroxyl groups is 1. The Labute approximate surface area is 104 Å². The van der Waals surface area contributed by atoms with Crippen molar-refractivity contribution >= 4 is 34.8 Å². The van der Waals surface area contributed by atoms with Crippen molar-refractivity contribution < 1.29 is 9.90 Å². The van der Waals surface area contributed by atoms with Gasteiger partial charge in [0.15, 0.2) is 0 Å². The fraction of sp³-hybridized carbons (Fsp3) is 0.364. The Bertz CT molecular complexity index is 378. The maximum atomic E-state index is 11.7. The second-order valence-electron chi connectivity index (χ2n) is 3.38. The highest BCUT2D eigenvalue weighted by Gasteiger charge is 2.16. The third-order valence-electron chi connectivity index (χ3n) is 2.29. The van der Waals surface area contributed by atoms with Gasteiger partial charge in [-0.05, 0) is 18.6 Å². The SMILES string of the molecule is CCC(CO)C(=O)Nc1cccc(Cl)c1Cl. The molecule has 5 heteroatoms. The van der Waals surface area contributed by atoms with Gasteiger partial charge in [-0.15, -0.1) is 0 Å². The van der Waals surface area contributed by atoms with Gasteiger partial charge in [-0.2, -0.15) is 0 Å². The van der Waals surface area contributed by atoms with Crippen LogP contribution in [0.2, 0.25) is 10.0 Å². The summed E-state index contributed by atoms with van der Waals surface area (Å²) >= 11 is 11.7. The number of aliphatic hydroxyl groups excluding tert-OH is 1. The van der Waals surface area contributed by atoms with Crippen LogP contribution < -0.4 is 5.32 Å². The van der Waals surface area contributed by atoms with Gasteiger partial charge in [-0.25, -0.2) is 0 Å². The zero-order chi connectivity index (χ0) is 12.1. The van der Waals surface area contributed by atoms with Crippen LogP contribution in [0, 0.1) is 5.92 Å². The number of nitrogens with one attached hydrogen (secondary N) is 1. The molecule has 88 valence electrons. The van der Waals surface area contributed by atoms with Crippen molar-refractivity contribution in [1.29, 1.82) is 0 Å². The molecule has 0 spiro atoms. The van der Waals surface area contributed by atoms with E-state index in [2.05, 4.69) is 5.32 Å². The summed E-state index contributed by atoms with van der Waals surface area (Å²) in [5.74, 6) is -0.677. The number of rotatable bonds is 4. The summed E-state index contributed by atoms with van der Waals surface area (Å²) in [5.41, 5.74) is 0.464. The van der Waals surface area contributed by atoms with Gasteiger partial charge in [0.25, 0.3) is 0 Å². The van der Waals surface area contributed by atoms with Gasteiger partial charge in [0, 0.05) is 0 Å². The molecule has 0 aliphatic heterocycles. The lowest BCUT2D eigenvalue weighted by Gasteiger charge is -2.13. The molecule has 0 radical (unpaired) electrons. The maximum Gasteiger partial charge on any atom is 0.229 e. The molecular weight excluding hydrogens is 249 g/mol. The third-order valence-corrected chi connectivity index (χ3v) is 3.11. The van der Waals surface area contributed by atoms with Crippen molar-refractivity contribution in [2.75, 3.05) is 11.9 Å². The highest BCUT2D eigenvalue weighted by molar-refractivity contribution is 6.43. The van der Waals surface area contributed by atoms with Crippen LogP contribution in [0.15, 0.2) is 18.2 Å². The minimum Gasteiger partial charge on any atom is -0.396 e. The van der Waals surface area contributed by atoms with Crippen molar-refractivity contribution in [3.05, 3.63) is 28.2 Å². The molecule has 0 bridgehead atoms. The summed E-state index contributed by atoms with van der Waals surface area (Å²) in [5, 5.41) is 12.3. The van der Waals surface area contributed by atoms with Crippen molar-refractivity contribution in [3.63, 3.8) is 0 Å². The van der Waals surface area contributed by atoms with Crippen molar-refractivity contribution in [3.8, 4) is 0 Å². The first-order valence-corrected chi connectivity index (χ1v) is 5.71. The summed E-state index contributed by atoms with van der Waals surface area (Å²) < 4.78 is 0. The minimum atomic E-state index is -0.421. The van der Waals surface area contributed by atoms with E-state index in [1.807, 2.05) is 6.92 Å². The average molecular weight is 262 g/mol. The van der Waals surface area contributed by atoms with E-state index in [1.165, 1.54) is 0 Å². The number of carbonyl (C=O) groups is 1. The monoisotopic (exact) mass is 261 g/mol. The highest BCUT2D eigenvalue weighted by atomic mass is 35.5. The average Bonchev–Trinajstić information content (AvgIpc) is 2.26. The molecule has 0 aromatic heterocycles. The van der Waals surface area contributed by atoms with E-state index >= 15 is 0 Å². The molecule has 0 heterocycles.